The largest absolute Gasteiger partial charge is 0.493 e. The first-order valence-corrected chi connectivity index (χ1v) is 7.39. The summed E-state index contributed by atoms with van der Waals surface area (Å²) in [6.45, 7) is 0.157. The Labute approximate surface area is 143 Å². The fraction of sp³-hybridized carbons (Fsp3) is 0.105. The van der Waals surface area contributed by atoms with Crippen LogP contribution < -0.4 is 15.1 Å². The van der Waals surface area contributed by atoms with Crippen LogP contribution in [0.1, 0.15) is 11.5 Å². The zero-order valence-electron chi connectivity index (χ0n) is 13.4. The van der Waals surface area contributed by atoms with Crippen molar-refractivity contribution in [3.8, 4) is 23.8 Å². The highest BCUT2D eigenvalue weighted by atomic mass is 16.5. The van der Waals surface area contributed by atoms with Crippen molar-refractivity contribution in [3.63, 3.8) is 0 Å². The number of fused-ring (bicyclic) bond motifs is 1. The number of nitrogens with zero attached hydrogens (tertiary/aromatic N) is 2. The van der Waals surface area contributed by atoms with E-state index in [9.17, 15) is 4.79 Å². The van der Waals surface area contributed by atoms with Gasteiger partial charge in [0.15, 0.2) is 17.1 Å². The minimum absolute atomic E-state index is 0.157. The standard InChI is InChI=1S/C19H14N2O4/c1-3-11-24-15-8-6-13(12-16(15)23-2)7-9-17-21-18-14(19(22)25-17)5-4-10-20-18/h1,4-10,12H,11H2,2H3. The van der Waals surface area contributed by atoms with E-state index in [1.807, 2.05) is 6.07 Å². The van der Waals surface area contributed by atoms with Crippen molar-refractivity contribution in [3.05, 3.63) is 58.4 Å². The van der Waals surface area contributed by atoms with Crippen molar-refractivity contribution in [2.75, 3.05) is 13.7 Å². The molecule has 0 unspecified atom stereocenters. The van der Waals surface area contributed by atoms with Crippen molar-refractivity contribution < 1.29 is 13.9 Å². The highest BCUT2D eigenvalue weighted by Crippen LogP contribution is 2.28. The third kappa shape index (κ3) is 3.67. The van der Waals surface area contributed by atoms with E-state index < -0.39 is 5.63 Å². The van der Waals surface area contributed by atoms with Crippen molar-refractivity contribution in [1.82, 2.24) is 9.97 Å². The molecule has 0 saturated carbocycles. The maximum atomic E-state index is 11.9. The van der Waals surface area contributed by atoms with Gasteiger partial charge in [-0.1, -0.05) is 12.0 Å². The SMILES string of the molecule is C#CCOc1ccc(C=Cc2nc3ncccc3c(=O)o2)cc1OC. The molecule has 0 aliphatic rings. The molecule has 0 aliphatic heterocycles. The normalized spacial score (nSPS) is 10.7. The fourth-order valence-corrected chi connectivity index (χ4v) is 2.19. The van der Waals surface area contributed by atoms with Crippen LogP contribution in [0.5, 0.6) is 11.5 Å². The van der Waals surface area contributed by atoms with Gasteiger partial charge in [0, 0.05) is 12.3 Å². The van der Waals surface area contributed by atoms with Gasteiger partial charge in [0.2, 0.25) is 5.89 Å². The maximum Gasteiger partial charge on any atom is 0.348 e. The van der Waals surface area contributed by atoms with E-state index in [0.29, 0.717) is 22.5 Å². The molecule has 0 N–H and O–H groups in total. The average Bonchev–Trinajstić information content (AvgIpc) is 2.65. The summed E-state index contributed by atoms with van der Waals surface area (Å²) in [6, 6.07) is 8.63. The summed E-state index contributed by atoms with van der Waals surface area (Å²) in [5.41, 5.74) is 0.679. The highest BCUT2D eigenvalue weighted by Gasteiger charge is 2.06. The molecule has 6 heteroatoms. The number of ether oxygens (including phenoxy) is 2. The van der Waals surface area contributed by atoms with Crippen LogP contribution in [-0.2, 0) is 0 Å². The molecule has 6 nitrogen and oxygen atoms in total. The van der Waals surface area contributed by atoms with Crippen LogP contribution in [0, 0.1) is 12.3 Å². The molecule has 0 aliphatic carbocycles. The second kappa shape index (κ2) is 7.32. The van der Waals surface area contributed by atoms with Gasteiger partial charge in [-0.05, 0) is 35.9 Å². The number of terminal acetylenes is 1. The topological polar surface area (TPSA) is 74.5 Å². The minimum atomic E-state index is -0.478. The summed E-state index contributed by atoms with van der Waals surface area (Å²) >= 11 is 0. The van der Waals surface area contributed by atoms with Crippen LogP contribution in [0.25, 0.3) is 23.2 Å². The molecule has 3 rings (SSSR count). The Morgan fingerprint density at radius 1 is 1.28 bits per heavy atom. The Bertz CT molecular complexity index is 1030. The molecule has 1 aromatic carbocycles. The third-order valence-corrected chi connectivity index (χ3v) is 3.34. The van der Waals surface area contributed by atoms with Crippen LogP contribution in [0.3, 0.4) is 0 Å². The van der Waals surface area contributed by atoms with Gasteiger partial charge in [0.05, 0.1) is 7.11 Å². The van der Waals surface area contributed by atoms with E-state index in [0.717, 1.165) is 5.56 Å². The van der Waals surface area contributed by atoms with E-state index in [1.54, 1.807) is 49.7 Å². The average molecular weight is 334 g/mol. The van der Waals surface area contributed by atoms with E-state index in [-0.39, 0.29) is 12.5 Å². The number of aromatic nitrogens is 2. The number of pyridine rings is 1. The van der Waals surface area contributed by atoms with E-state index in [1.165, 1.54) is 0 Å². The summed E-state index contributed by atoms with van der Waals surface area (Å²) in [5, 5.41) is 0.344. The number of methoxy groups -OCH3 is 1. The van der Waals surface area contributed by atoms with Crippen LogP contribution in [-0.4, -0.2) is 23.7 Å². The smallest absolute Gasteiger partial charge is 0.348 e. The van der Waals surface area contributed by atoms with Gasteiger partial charge in [-0.25, -0.2) is 9.78 Å². The summed E-state index contributed by atoms with van der Waals surface area (Å²) in [4.78, 5) is 20.2. The zero-order valence-corrected chi connectivity index (χ0v) is 13.4. The Balaban J connectivity index is 1.89. The van der Waals surface area contributed by atoms with Crippen molar-refractivity contribution in [1.29, 1.82) is 0 Å². The van der Waals surface area contributed by atoms with E-state index in [2.05, 4.69) is 15.9 Å². The second-order valence-electron chi connectivity index (χ2n) is 4.95. The fourth-order valence-electron chi connectivity index (χ4n) is 2.19. The summed E-state index contributed by atoms with van der Waals surface area (Å²) in [7, 11) is 1.54. The molecule has 0 spiro atoms. The van der Waals surface area contributed by atoms with Gasteiger partial charge >= 0.3 is 5.63 Å². The van der Waals surface area contributed by atoms with E-state index in [4.69, 9.17) is 20.3 Å². The Hall–Kier alpha value is -3.59. The summed E-state index contributed by atoms with van der Waals surface area (Å²) in [6.07, 6.45) is 10.1. The maximum absolute atomic E-state index is 11.9. The summed E-state index contributed by atoms with van der Waals surface area (Å²) < 4.78 is 15.9. The van der Waals surface area contributed by atoms with Crippen molar-refractivity contribution in [2.45, 2.75) is 0 Å². The Morgan fingerprint density at radius 2 is 2.16 bits per heavy atom. The first-order chi connectivity index (χ1) is 12.2. The molecule has 0 atom stereocenters. The molecule has 2 heterocycles. The van der Waals surface area contributed by atoms with Gasteiger partial charge in [-0.3, -0.25) is 0 Å². The number of hydrogen-bond acceptors (Lipinski definition) is 6. The molecule has 0 bridgehead atoms. The monoisotopic (exact) mass is 334 g/mol. The van der Waals surface area contributed by atoms with Gasteiger partial charge in [-0.15, -0.1) is 6.42 Å². The van der Waals surface area contributed by atoms with Gasteiger partial charge < -0.3 is 13.9 Å². The number of hydrogen-bond donors (Lipinski definition) is 0. The molecular formula is C19H14N2O4. The molecular weight excluding hydrogens is 320 g/mol. The van der Waals surface area contributed by atoms with Gasteiger partial charge in [-0.2, -0.15) is 4.98 Å². The van der Waals surface area contributed by atoms with Gasteiger partial charge in [0.25, 0.3) is 0 Å². The number of rotatable bonds is 5. The molecule has 0 saturated heterocycles. The molecule has 3 aromatic rings. The van der Waals surface area contributed by atoms with Crippen molar-refractivity contribution >= 4 is 23.2 Å². The van der Waals surface area contributed by atoms with Crippen LogP contribution in [0.4, 0.5) is 0 Å². The molecule has 25 heavy (non-hydrogen) atoms. The quantitative estimate of drug-likeness (QED) is 0.668. The van der Waals surface area contributed by atoms with Crippen molar-refractivity contribution in [2.24, 2.45) is 0 Å². The lowest BCUT2D eigenvalue weighted by Crippen LogP contribution is -2.03. The minimum Gasteiger partial charge on any atom is -0.493 e. The Morgan fingerprint density at radius 3 is 2.96 bits per heavy atom. The van der Waals surface area contributed by atoms with Crippen LogP contribution in [0.15, 0.2) is 45.7 Å². The highest BCUT2D eigenvalue weighted by molar-refractivity contribution is 5.74. The predicted octanol–water partition coefficient (Wildman–Crippen LogP) is 2.77. The zero-order chi connectivity index (χ0) is 17.6. The summed E-state index contributed by atoms with van der Waals surface area (Å²) in [5.74, 6) is 3.67. The lowest BCUT2D eigenvalue weighted by atomic mass is 10.2. The first kappa shape index (κ1) is 16.3. The number of benzene rings is 1. The first-order valence-electron chi connectivity index (χ1n) is 7.39. The second-order valence-corrected chi connectivity index (χ2v) is 4.95. The molecule has 0 amide bonds. The van der Waals surface area contributed by atoms with Crippen LogP contribution >= 0.6 is 0 Å². The lowest BCUT2D eigenvalue weighted by molar-refractivity contribution is 0.331. The van der Waals surface area contributed by atoms with E-state index >= 15 is 0 Å². The predicted molar refractivity (Wildman–Crippen MR) is 94.3 cm³/mol. The van der Waals surface area contributed by atoms with Crippen LogP contribution in [0.2, 0.25) is 0 Å². The third-order valence-electron chi connectivity index (χ3n) is 3.34. The molecule has 2 aromatic heterocycles. The molecule has 0 radical (unpaired) electrons. The van der Waals surface area contributed by atoms with Gasteiger partial charge in [0.1, 0.15) is 12.0 Å². The lowest BCUT2D eigenvalue weighted by Gasteiger charge is -2.09. The molecule has 124 valence electrons. The Kier molecular flexibility index (Phi) is 4.77. The molecule has 0 fully saturated rings.